The number of benzene rings is 3. The molecular formula is C28H24F2N6O. The number of rotatable bonds is 3. The predicted molar refractivity (Wildman–Crippen MR) is 134 cm³/mol. The number of halogens is 2. The van der Waals surface area contributed by atoms with E-state index in [1.807, 2.05) is 11.0 Å². The topological polar surface area (TPSA) is 101 Å². The summed E-state index contributed by atoms with van der Waals surface area (Å²) in [5.41, 5.74) is 9.25. The third-order valence-corrected chi connectivity index (χ3v) is 7.66. The number of aromatic nitrogens is 3. The van der Waals surface area contributed by atoms with Crippen molar-refractivity contribution in [2.24, 2.45) is 12.8 Å². The van der Waals surface area contributed by atoms with E-state index in [1.54, 1.807) is 37.4 Å². The lowest BCUT2D eigenvalue weighted by Crippen LogP contribution is -2.50. The molecular weight excluding hydrogens is 474 g/mol. The first kappa shape index (κ1) is 23.3. The number of carbonyl (C=O) groups excluding carboxylic acids is 1. The molecule has 9 heteroatoms. The summed E-state index contributed by atoms with van der Waals surface area (Å²) >= 11 is 0. The molecule has 3 heterocycles. The van der Waals surface area contributed by atoms with Gasteiger partial charge in [0.2, 0.25) is 0 Å². The molecule has 2 aliphatic heterocycles. The summed E-state index contributed by atoms with van der Waals surface area (Å²) in [5, 5.41) is 17.2. The minimum Gasteiger partial charge on any atom is -0.333 e. The van der Waals surface area contributed by atoms with Crippen molar-refractivity contribution in [2.75, 3.05) is 0 Å². The molecule has 0 spiro atoms. The third kappa shape index (κ3) is 3.85. The summed E-state index contributed by atoms with van der Waals surface area (Å²) in [7, 11) is 1.68. The summed E-state index contributed by atoms with van der Waals surface area (Å²) in [6.07, 6.45) is 3.41. The van der Waals surface area contributed by atoms with Crippen molar-refractivity contribution in [3.8, 4) is 28.3 Å². The van der Waals surface area contributed by atoms with Crippen LogP contribution in [0.1, 0.15) is 41.6 Å². The van der Waals surface area contributed by atoms with E-state index in [9.17, 15) is 14.4 Å². The Bertz CT molecular complexity index is 1590. The number of fused-ring (bicyclic) bond motifs is 3. The lowest BCUT2D eigenvalue weighted by atomic mass is 9.90. The molecule has 2 saturated heterocycles. The second-order valence-electron chi connectivity index (χ2n) is 9.93. The number of nitriles is 1. The normalized spacial score (nSPS) is 20.8. The van der Waals surface area contributed by atoms with Gasteiger partial charge in [0.15, 0.2) is 0 Å². The molecule has 1 aromatic heterocycles. The van der Waals surface area contributed by atoms with E-state index >= 15 is 4.39 Å². The van der Waals surface area contributed by atoms with Gasteiger partial charge in [0.25, 0.3) is 5.91 Å². The van der Waals surface area contributed by atoms with Gasteiger partial charge in [-0.2, -0.15) is 5.26 Å². The maximum Gasteiger partial charge on any atom is 0.254 e. The van der Waals surface area contributed by atoms with Gasteiger partial charge in [-0.05, 0) is 72.7 Å². The maximum absolute atomic E-state index is 15.4. The van der Waals surface area contributed by atoms with Crippen LogP contribution in [0.2, 0.25) is 0 Å². The van der Waals surface area contributed by atoms with Crippen molar-refractivity contribution in [2.45, 2.75) is 43.8 Å². The summed E-state index contributed by atoms with van der Waals surface area (Å²) in [6.45, 7) is 0. The number of piperidine rings is 1. The van der Waals surface area contributed by atoms with E-state index in [0.29, 0.717) is 33.3 Å². The Morgan fingerprint density at radius 3 is 2.46 bits per heavy atom. The van der Waals surface area contributed by atoms with Crippen LogP contribution >= 0.6 is 0 Å². The highest BCUT2D eigenvalue weighted by molar-refractivity contribution is 5.99. The molecule has 0 radical (unpaired) electrons. The van der Waals surface area contributed by atoms with Crippen LogP contribution in [-0.2, 0) is 7.05 Å². The Balaban J connectivity index is 1.50. The Hall–Kier alpha value is -4.16. The van der Waals surface area contributed by atoms with Gasteiger partial charge in [-0.25, -0.2) is 13.5 Å². The molecule has 2 bridgehead atoms. The van der Waals surface area contributed by atoms with E-state index in [4.69, 9.17) is 5.73 Å². The van der Waals surface area contributed by atoms with Crippen LogP contribution in [0.3, 0.4) is 0 Å². The fourth-order valence-corrected chi connectivity index (χ4v) is 5.88. The average molecular weight is 499 g/mol. The first-order chi connectivity index (χ1) is 17.8. The summed E-state index contributed by atoms with van der Waals surface area (Å²) in [5.74, 6) is -1.28. The highest BCUT2D eigenvalue weighted by Gasteiger charge is 2.42. The van der Waals surface area contributed by atoms with Crippen molar-refractivity contribution >= 4 is 16.9 Å². The van der Waals surface area contributed by atoms with Crippen molar-refractivity contribution in [1.82, 2.24) is 19.9 Å². The van der Waals surface area contributed by atoms with Crippen molar-refractivity contribution in [1.29, 1.82) is 5.26 Å². The van der Waals surface area contributed by atoms with Gasteiger partial charge in [-0.3, -0.25) is 4.79 Å². The quantitative estimate of drug-likeness (QED) is 0.447. The molecule has 3 atom stereocenters. The van der Waals surface area contributed by atoms with Crippen molar-refractivity contribution < 1.29 is 13.6 Å². The first-order valence-corrected chi connectivity index (χ1v) is 12.3. The van der Waals surface area contributed by atoms with Crippen LogP contribution in [0, 0.1) is 23.0 Å². The van der Waals surface area contributed by atoms with Crippen LogP contribution in [0.4, 0.5) is 8.78 Å². The number of nitrogens with two attached hydrogens (primary N) is 1. The second kappa shape index (κ2) is 8.75. The highest BCUT2D eigenvalue weighted by atomic mass is 19.1. The number of hydrogen-bond donors (Lipinski definition) is 1. The Morgan fingerprint density at radius 1 is 1.00 bits per heavy atom. The number of nitrogens with zero attached hydrogens (tertiary/aromatic N) is 5. The zero-order valence-electron chi connectivity index (χ0n) is 20.2. The van der Waals surface area contributed by atoms with Gasteiger partial charge in [-0.1, -0.05) is 17.3 Å². The Kier molecular flexibility index (Phi) is 5.50. The lowest BCUT2D eigenvalue weighted by Gasteiger charge is -2.38. The van der Waals surface area contributed by atoms with Gasteiger partial charge < -0.3 is 10.6 Å². The van der Waals surface area contributed by atoms with E-state index < -0.39 is 11.6 Å². The summed E-state index contributed by atoms with van der Waals surface area (Å²) in [6, 6.07) is 14.4. The Labute approximate surface area is 212 Å². The zero-order chi connectivity index (χ0) is 25.8. The average Bonchev–Trinajstić information content (AvgIpc) is 3.38. The fourth-order valence-electron chi connectivity index (χ4n) is 5.88. The minimum absolute atomic E-state index is 0.0917. The number of hydrogen-bond acceptors (Lipinski definition) is 5. The molecule has 4 aromatic rings. The molecule has 186 valence electrons. The molecule has 3 aromatic carbocycles. The maximum atomic E-state index is 15.4. The first-order valence-electron chi connectivity index (χ1n) is 12.3. The molecule has 2 N–H and O–H groups in total. The molecule has 0 aliphatic carbocycles. The molecule has 2 fully saturated rings. The number of aryl methyl sites for hydroxylation is 1. The van der Waals surface area contributed by atoms with Crippen LogP contribution in [-0.4, -0.2) is 43.9 Å². The van der Waals surface area contributed by atoms with Crippen LogP contribution in [0.25, 0.3) is 33.3 Å². The summed E-state index contributed by atoms with van der Waals surface area (Å²) in [4.78, 5) is 15.6. The van der Waals surface area contributed by atoms with Gasteiger partial charge in [0.1, 0.15) is 23.2 Å². The molecule has 6 rings (SSSR count). The van der Waals surface area contributed by atoms with E-state index in [1.165, 1.54) is 22.9 Å². The lowest BCUT2D eigenvalue weighted by molar-refractivity contribution is 0.0575. The third-order valence-electron chi connectivity index (χ3n) is 7.66. The SMILES string of the molecule is Cn1nnc2cc(-c3ccc(C(=O)N4[C@@H]5CC[C@H]4C[C@H](N)C5)cc3-c3ccc(C#N)c(F)c3)c(F)cc21. The number of amides is 1. The van der Waals surface area contributed by atoms with Gasteiger partial charge in [0, 0.05) is 42.4 Å². The molecule has 7 nitrogen and oxygen atoms in total. The largest absolute Gasteiger partial charge is 0.333 e. The van der Waals surface area contributed by atoms with Crippen LogP contribution < -0.4 is 5.73 Å². The van der Waals surface area contributed by atoms with Gasteiger partial charge in [0.05, 0.1) is 11.1 Å². The second-order valence-corrected chi connectivity index (χ2v) is 9.93. The monoisotopic (exact) mass is 498 g/mol. The molecule has 1 amide bonds. The van der Waals surface area contributed by atoms with Crippen LogP contribution in [0.15, 0.2) is 48.5 Å². The summed E-state index contributed by atoms with van der Waals surface area (Å²) < 4.78 is 31.5. The highest BCUT2D eigenvalue weighted by Crippen LogP contribution is 2.39. The van der Waals surface area contributed by atoms with Crippen molar-refractivity contribution in [3.05, 3.63) is 71.3 Å². The standard InChI is InChI=1S/C28H24F2N6O/c1-35-27-13-25(30)23(12-26(27)33-34-35)21-7-4-16(8-22(21)15-2-3-17(14-31)24(29)9-15)28(37)36-19-5-6-20(36)11-18(32)10-19/h2-4,7-9,12-13,18-20H,5-6,10-11,32H2,1H3/t18-,19-,20+. The van der Waals surface area contributed by atoms with Crippen molar-refractivity contribution in [3.63, 3.8) is 0 Å². The zero-order valence-corrected chi connectivity index (χ0v) is 20.2. The molecule has 2 aliphatic rings. The minimum atomic E-state index is -0.685. The smallest absolute Gasteiger partial charge is 0.254 e. The van der Waals surface area contributed by atoms with E-state index in [-0.39, 0.29) is 35.2 Å². The molecule has 0 unspecified atom stereocenters. The van der Waals surface area contributed by atoms with Gasteiger partial charge in [-0.15, -0.1) is 5.10 Å². The Morgan fingerprint density at radius 2 is 1.76 bits per heavy atom. The van der Waals surface area contributed by atoms with E-state index in [0.717, 1.165) is 25.7 Å². The number of carbonyl (C=O) groups is 1. The van der Waals surface area contributed by atoms with Gasteiger partial charge >= 0.3 is 0 Å². The van der Waals surface area contributed by atoms with Crippen LogP contribution in [0.5, 0.6) is 0 Å². The predicted octanol–water partition coefficient (Wildman–Crippen LogP) is 4.55. The molecule has 37 heavy (non-hydrogen) atoms. The molecule has 0 saturated carbocycles. The fraction of sp³-hybridized carbons (Fsp3) is 0.286. The van der Waals surface area contributed by atoms with E-state index in [2.05, 4.69) is 10.3 Å².